The van der Waals surface area contributed by atoms with Gasteiger partial charge in [-0.25, -0.2) is 0 Å². The van der Waals surface area contributed by atoms with Crippen LogP contribution in [-0.4, -0.2) is 30.6 Å². The largest absolute Gasteiger partial charge is 0.472 e. The molecule has 1 heterocycles. The zero-order chi connectivity index (χ0) is 12.0. The molecule has 0 aromatic carbocycles. The van der Waals surface area contributed by atoms with E-state index in [-0.39, 0.29) is 13.0 Å². The normalized spacial score (nSPS) is 14.0. The lowest BCUT2D eigenvalue weighted by molar-refractivity contribution is -0.175. The van der Waals surface area contributed by atoms with E-state index in [1.807, 2.05) is 0 Å². The minimum atomic E-state index is -4.31. The Labute approximate surface area is 90.8 Å². The third kappa shape index (κ3) is 5.77. The van der Waals surface area contributed by atoms with Crippen LogP contribution in [0.1, 0.15) is 12.0 Å². The molecule has 1 unspecified atom stereocenters. The molecule has 0 aliphatic heterocycles. The van der Waals surface area contributed by atoms with Crippen molar-refractivity contribution in [3.05, 3.63) is 24.2 Å². The van der Waals surface area contributed by atoms with Crippen molar-refractivity contribution < 1.29 is 27.4 Å². The summed E-state index contributed by atoms with van der Waals surface area (Å²) in [6.07, 6.45) is -1.55. The van der Waals surface area contributed by atoms with Crippen LogP contribution in [0.3, 0.4) is 0 Å². The molecule has 0 saturated carbocycles. The molecule has 0 aliphatic carbocycles. The predicted octanol–water partition coefficient (Wildman–Crippen LogP) is 2.15. The molecule has 6 heteroatoms. The number of ether oxygens (including phenoxy) is 1. The topological polar surface area (TPSA) is 42.6 Å². The average molecular weight is 238 g/mol. The molecule has 1 atom stereocenters. The van der Waals surface area contributed by atoms with E-state index in [1.54, 1.807) is 6.07 Å². The van der Waals surface area contributed by atoms with Crippen molar-refractivity contribution in [3.63, 3.8) is 0 Å². The van der Waals surface area contributed by atoms with Crippen molar-refractivity contribution in [2.45, 2.75) is 25.1 Å². The van der Waals surface area contributed by atoms with Crippen LogP contribution in [-0.2, 0) is 11.2 Å². The fourth-order valence-electron chi connectivity index (χ4n) is 1.19. The second-order valence-corrected chi connectivity index (χ2v) is 3.45. The maximum Gasteiger partial charge on any atom is 0.411 e. The molecule has 1 N–H and O–H groups in total. The average Bonchev–Trinajstić information content (AvgIpc) is 2.63. The zero-order valence-corrected chi connectivity index (χ0v) is 8.54. The molecule has 92 valence electrons. The summed E-state index contributed by atoms with van der Waals surface area (Å²) in [5.74, 6) is 0. The second kappa shape index (κ2) is 5.91. The van der Waals surface area contributed by atoms with Crippen LogP contribution < -0.4 is 0 Å². The van der Waals surface area contributed by atoms with Crippen molar-refractivity contribution in [2.24, 2.45) is 0 Å². The van der Waals surface area contributed by atoms with Gasteiger partial charge < -0.3 is 14.3 Å². The molecular formula is C10H13F3O3. The lowest BCUT2D eigenvalue weighted by atomic mass is 10.1. The quantitative estimate of drug-likeness (QED) is 0.772. The van der Waals surface area contributed by atoms with E-state index in [4.69, 9.17) is 4.42 Å². The molecule has 0 spiro atoms. The van der Waals surface area contributed by atoms with Gasteiger partial charge in [0, 0.05) is 13.0 Å². The van der Waals surface area contributed by atoms with Crippen molar-refractivity contribution in [1.29, 1.82) is 0 Å². The summed E-state index contributed by atoms with van der Waals surface area (Å²) in [4.78, 5) is 0. The van der Waals surface area contributed by atoms with Gasteiger partial charge in [-0.2, -0.15) is 13.2 Å². The van der Waals surface area contributed by atoms with Crippen molar-refractivity contribution in [1.82, 2.24) is 0 Å². The van der Waals surface area contributed by atoms with E-state index in [2.05, 4.69) is 4.74 Å². The summed E-state index contributed by atoms with van der Waals surface area (Å²) in [5, 5.41) is 9.45. The number of aliphatic hydroxyl groups excluding tert-OH is 1. The highest BCUT2D eigenvalue weighted by molar-refractivity contribution is 5.06. The highest BCUT2D eigenvalue weighted by Crippen LogP contribution is 2.14. The van der Waals surface area contributed by atoms with E-state index in [0.717, 1.165) is 5.56 Å². The molecule has 16 heavy (non-hydrogen) atoms. The highest BCUT2D eigenvalue weighted by atomic mass is 19.4. The van der Waals surface area contributed by atoms with Crippen LogP contribution in [0.15, 0.2) is 23.0 Å². The minimum absolute atomic E-state index is 0.113. The number of hydrogen-bond donors (Lipinski definition) is 1. The summed E-state index contributed by atoms with van der Waals surface area (Å²) in [7, 11) is 0. The Bertz CT molecular complexity index is 282. The number of alkyl halides is 3. The van der Waals surface area contributed by atoms with Crippen LogP contribution in [0.25, 0.3) is 0 Å². The number of halogens is 3. The van der Waals surface area contributed by atoms with Gasteiger partial charge in [0.25, 0.3) is 0 Å². The Hall–Kier alpha value is -1.01. The summed E-state index contributed by atoms with van der Waals surface area (Å²) < 4.78 is 44.2. The smallest absolute Gasteiger partial charge is 0.411 e. The standard InChI is InChI=1S/C10H13F3O3/c11-10(12,13)7-16-4-2-9(14)5-8-1-3-15-6-8/h1,3,6,9,14H,2,4-5,7H2. The van der Waals surface area contributed by atoms with Crippen LogP contribution in [0.2, 0.25) is 0 Å². The summed E-state index contributed by atoms with van der Waals surface area (Å²) >= 11 is 0. The van der Waals surface area contributed by atoms with E-state index in [9.17, 15) is 18.3 Å². The van der Waals surface area contributed by atoms with Gasteiger partial charge in [0.2, 0.25) is 0 Å². The Morgan fingerprint density at radius 1 is 1.44 bits per heavy atom. The maximum absolute atomic E-state index is 11.7. The van der Waals surface area contributed by atoms with Gasteiger partial charge >= 0.3 is 6.18 Å². The number of furan rings is 1. The highest BCUT2D eigenvalue weighted by Gasteiger charge is 2.27. The first-order chi connectivity index (χ1) is 7.47. The van der Waals surface area contributed by atoms with E-state index >= 15 is 0 Å². The second-order valence-electron chi connectivity index (χ2n) is 3.45. The lowest BCUT2D eigenvalue weighted by Gasteiger charge is -2.10. The van der Waals surface area contributed by atoms with Gasteiger partial charge in [-0.1, -0.05) is 0 Å². The molecule has 0 fully saturated rings. The monoisotopic (exact) mass is 238 g/mol. The van der Waals surface area contributed by atoms with E-state index in [0.29, 0.717) is 6.42 Å². The lowest BCUT2D eigenvalue weighted by Crippen LogP contribution is -2.20. The summed E-state index contributed by atoms with van der Waals surface area (Å²) in [5.41, 5.74) is 0.809. The SMILES string of the molecule is OC(CCOCC(F)(F)F)Cc1ccoc1. The van der Waals surface area contributed by atoms with Crippen molar-refractivity contribution in [2.75, 3.05) is 13.2 Å². The molecule has 0 bridgehead atoms. The first kappa shape index (κ1) is 13.1. The van der Waals surface area contributed by atoms with E-state index < -0.39 is 18.9 Å². The molecule has 1 aromatic rings. The van der Waals surface area contributed by atoms with Gasteiger partial charge in [-0.05, 0) is 18.1 Å². The van der Waals surface area contributed by atoms with Gasteiger partial charge in [0.05, 0.1) is 18.6 Å². The van der Waals surface area contributed by atoms with Gasteiger partial charge in [0.1, 0.15) is 6.61 Å². The van der Waals surface area contributed by atoms with Gasteiger partial charge in [-0.3, -0.25) is 0 Å². The predicted molar refractivity (Wildman–Crippen MR) is 49.9 cm³/mol. The molecule has 0 radical (unpaired) electrons. The fraction of sp³-hybridized carbons (Fsp3) is 0.600. The van der Waals surface area contributed by atoms with Crippen LogP contribution >= 0.6 is 0 Å². The van der Waals surface area contributed by atoms with Crippen LogP contribution in [0.4, 0.5) is 13.2 Å². The first-order valence-corrected chi connectivity index (χ1v) is 4.81. The van der Waals surface area contributed by atoms with Gasteiger partial charge in [0.15, 0.2) is 0 Å². The Balaban J connectivity index is 2.09. The Morgan fingerprint density at radius 2 is 2.19 bits per heavy atom. The van der Waals surface area contributed by atoms with Gasteiger partial charge in [-0.15, -0.1) is 0 Å². The summed E-state index contributed by atoms with van der Waals surface area (Å²) in [6, 6.07) is 1.69. The maximum atomic E-state index is 11.7. The Kier molecular flexibility index (Phi) is 4.82. The van der Waals surface area contributed by atoms with Crippen molar-refractivity contribution in [3.8, 4) is 0 Å². The molecule has 1 aromatic heterocycles. The first-order valence-electron chi connectivity index (χ1n) is 4.81. The fourth-order valence-corrected chi connectivity index (χ4v) is 1.19. The number of hydrogen-bond acceptors (Lipinski definition) is 3. The van der Waals surface area contributed by atoms with Crippen LogP contribution in [0.5, 0.6) is 0 Å². The molecule has 3 nitrogen and oxygen atoms in total. The molecule has 0 aliphatic rings. The molecule has 0 amide bonds. The molecule has 1 rings (SSSR count). The number of rotatable bonds is 6. The summed E-state index contributed by atoms with van der Waals surface area (Å²) in [6.45, 7) is -1.38. The van der Waals surface area contributed by atoms with Crippen molar-refractivity contribution >= 4 is 0 Å². The Morgan fingerprint density at radius 3 is 2.75 bits per heavy atom. The zero-order valence-electron chi connectivity index (χ0n) is 8.54. The minimum Gasteiger partial charge on any atom is -0.472 e. The van der Waals surface area contributed by atoms with E-state index in [1.165, 1.54) is 12.5 Å². The number of aliphatic hydroxyl groups is 1. The molecule has 0 saturated heterocycles. The third-order valence-corrected chi connectivity index (χ3v) is 1.91. The van der Waals surface area contributed by atoms with Crippen LogP contribution in [0, 0.1) is 0 Å². The third-order valence-electron chi connectivity index (χ3n) is 1.91. The molecular weight excluding hydrogens is 225 g/mol.